The van der Waals surface area contributed by atoms with Crippen molar-refractivity contribution in [3.05, 3.63) is 193 Å². The molecule has 0 aliphatic carbocycles. The molecular weight excluding hydrogens is 1090 g/mol. The van der Waals surface area contributed by atoms with Gasteiger partial charge in [0.25, 0.3) is 11.8 Å². The van der Waals surface area contributed by atoms with Crippen LogP contribution in [0.1, 0.15) is 58.1 Å². The third-order valence-electron chi connectivity index (χ3n) is 13.6. The summed E-state index contributed by atoms with van der Waals surface area (Å²) in [5.41, 5.74) is 0.296. The number of esters is 2. The Morgan fingerprint density at radius 1 is 0.873 bits per heavy atom. The first-order chi connectivity index (χ1) is 38.4. The number of nitrogens with one attached hydrogen (secondary N) is 2. The minimum absolute atomic E-state index is 0.0171. The van der Waals surface area contributed by atoms with Crippen LogP contribution in [0, 0.1) is 11.6 Å². The summed E-state index contributed by atoms with van der Waals surface area (Å²) in [6.07, 6.45) is 1.45. The van der Waals surface area contributed by atoms with Gasteiger partial charge in [-0.1, -0.05) is 108 Å². The number of carbonyl (C=O) groups excluding carboxylic acids is 4. The smallest absolute Gasteiger partial charge is 0.355 e. The number of ether oxygens (including phenoxy) is 3. The number of amides is 2. The van der Waals surface area contributed by atoms with E-state index in [0.717, 1.165) is 63.6 Å². The highest BCUT2D eigenvalue weighted by Crippen LogP contribution is 2.43. The van der Waals surface area contributed by atoms with Crippen molar-refractivity contribution >= 4 is 95.6 Å². The number of fused-ring (bicyclic) bond motifs is 2. The van der Waals surface area contributed by atoms with Crippen LogP contribution in [0.15, 0.2) is 152 Å². The summed E-state index contributed by atoms with van der Waals surface area (Å²) in [6, 6.07) is 35.8. The van der Waals surface area contributed by atoms with Crippen LogP contribution < -0.4 is 25.7 Å². The first kappa shape index (κ1) is 54.6. The second-order valence-electron chi connectivity index (χ2n) is 18.3. The number of rotatable bonds is 19. The van der Waals surface area contributed by atoms with Gasteiger partial charge in [-0.2, -0.15) is 0 Å². The topological polar surface area (TPSA) is 195 Å². The number of thioether (sulfide) groups is 1. The molecular formula is C57H50F2N6O10S4. The van der Waals surface area contributed by atoms with Crippen molar-refractivity contribution in [1.29, 1.82) is 0 Å². The van der Waals surface area contributed by atoms with Gasteiger partial charge in [0.1, 0.15) is 64.9 Å². The number of aromatic nitrogens is 1. The number of methoxy groups -OCH3 is 1. The first-order valence-corrected chi connectivity index (χ1v) is 29.0. The van der Waals surface area contributed by atoms with Crippen molar-refractivity contribution in [2.45, 2.75) is 47.5 Å². The summed E-state index contributed by atoms with van der Waals surface area (Å²) in [4.78, 5) is 83.5. The molecule has 16 nitrogen and oxygen atoms in total. The lowest BCUT2D eigenvalue weighted by Gasteiger charge is -2.49. The minimum Gasteiger partial charge on any atom is -0.497 e. The molecule has 406 valence electrons. The van der Waals surface area contributed by atoms with Crippen molar-refractivity contribution in [3.63, 3.8) is 0 Å². The lowest BCUT2D eigenvalue weighted by Crippen LogP contribution is -2.74. The van der Waals surface area contributed by atoms with E-state index in [1.54, 1.807) is 34.5 Å². The van der Waals surface area contributed by atoms with Crippen LogP contribution in [0.25, 0.3) is 10.1 Å². The third kappa shape index (κ3) is 10.6. The van der Waals surface area contributed by atoms with E-state index in [4.69, 9.17) is 24.0 Å². The summed E-state index contributed by atoms with van der Waals surface area (Å²) >= 11 is 2.81. The van der Waals surface area contributed by atoms with Crippen molar-refractivity contribution in [3.8, 4) is 5.75 Å². The number of hydrogen-bond donors (Lipinski definition) is 2. The Morgan fingerprint density at radius 2 is 1.51 bits per heavy atom. The maximum atomic E-state index is 16.5. The lowest BCUT2D eigenvalue weighted by atomic mass is 9.77. The molecule has 2 aromatic heterocycles. The quantitative estimate of drug-likeness (QED) is 0.0195. The summed E-state index contributed by atoms with van der Waals surface area (Å²) in [6.45, 7) is 1.99. The zero-order valence-electron chi connectivity index (χ0n) is 42.7. The van der Waals surface area contributed by atoms with E-state index in [9.17, 15) is 28.2 Å². The zero-order valence-corrected chi connectivity index (χ0v) is 46.0. The number of carbonyl (C=O) groups is 4. The highest BCUT2D eigenvalue weighted by molar-refractivity contribution is 8.01. The SMILES string of the molecule is CCOC(=O)c1c(SCC2=C(C(=O)OCc3ccc(OC)cc3)N3C(=O)C(NC(=O)/C(=N\OC)c4csc(NC(c5ccccc5)(c5ccccc5)c5ccccc5)n4)[C@@H]3S(=O)C2)sc2c(F)c(N3CCCC3)c(F)cc2c1=O. The Bertz CT molecular complexity index is 3520. The standard InChI is InChI=1S/C57H50F2N6O10S4/c1-4-74-53(69)42-48(66)39-28-40(58)47(64-26-14-15-27-64)43(59)49(39)78-55(42)76-30-34-32-79(71)52-45(51(68)65(52)46(34)54(70)75-29-33-22-24-38(72-2)25-23-33)61-50(67)44(63-73-3)41-31-77-56(60-41)62-57(35-16-8-5-9-17-35,36-18-10-6-11-19-36)37-20-12-7-13-21-37/h5-13,16-25,28,31,45,52H,4,14-15,26-27,29-30,32H2,1-3H3,(H,60,62)(H,61,67)/b63-44-/t45?,52-,79?/m0/s1. The normalized spacial score (nSPS) is 17.3. The Morgan fingerprint density at radius 3 is 2.10 bits per heavy atom. The van der Waals surface area contributed by atoms with Crippen LogP contribution in [0.2, 0.25) is 0 Å². The predicted octanol–water partition coefficient (Wildman–Crippen LogP) is 8.74. The molecule has 2 N–H and O–H groups in total. The fourth-order valence-corrected chi connectivity index (χ4v) is 14.9. The Kier molecular flexibility index (Phi) is 16.3. The van der Waals surface area contributed by atoms with Crippen LogP contribution >= 0.6 is 34.4 Å². The highest BCUT2D eigenvalue weighted by Gasteiger charge is 2.58. The molecule has 3 atom stereocenters. The molecule has 22 heteroatoms. The van der Waals surface area contributed by atoms with Gasteiger partial charge in [0, 0.05) is 29.6 Å². The molecule has 2 amide bonds. The van der Waals surface area contributed by atoms with Gasteiger partial charge >= 0.3 is 11.9 Å². The molecule has 3 aliphatic rings. The van der Waals surface area contributed by atoms with E-state index in [-0.39, 0.29) is 67.4 Å². The number of hydrogen-bond acceptors (Lipinski definition) is 17. The molecule has 2 unspecified atom stereocenters. The molecule has 10 rings (SSSR count). The fraction of sp³-hybridized carbons (Fsp3) is 0.246. The van der Waals surface area contributed by atoms with Crippen molar-refractivity contribution in [2.24, 2.45) is 5.16 Å². The van der Waals surface area contributed by atoms with Gasteiger partial charge in [0.05, 0.1) is 39.2 Å². The van der Waals surface area contributed by atoms with Crippen molar-refractivity contribution in [1.82, 2.24) is 15.2 Å². The molecule has 79 heavy (non-hydrogen) atoms. The van der Waals surface area contributed by atoms with Crippen molar-refractivity contribution in [2.75, 3.05) is 55.6 Å². The molecule has 3 aliphatic heterocycles. The van der Waals surface area contributed by atoms with E-state index in [1.165, 1.54) is 32.5 Å². The second-order valence-corrected chi connectivity index (χ2v) is 22.9. The summed E-state index contributed by atoms with van der Waals surface area (Å²) < 4.78 is 62.6. The predicted molar refractivity (Wildman–Crippen MR) is 300 cm³/mol. The number of benzene rings is 5. The van der Waals surface area contributed by atoms with Gasteiger partial charge in [-0.05, 0) is 65.8 Å². The Balaban J connectivity index is 0.955. The van der Waals surface area contributed by atoms with Crippen LogP contribution in [0.5, 0.6) is 5.75 Å². The Hall–Kier alpha value is -7.79. The van der Waals surface area contributed by atoms with E-state index < -0.39 is 74.1 Å². The van der Waals surface area contributed by atoms with Gasteiger partial charge in [-0.25, -0.2) is 23.4 Å². The second kappa shape index (κ2) is 23.7. The van der Waals surface area contributed by atoms with Gasteiger partial charge in [-0.3, -0.25) is 23.5 Å². The molecule has 2 fully saturated rings. The van der Waals surface area contributed by atoms with Gasteiger partial charge in [0.15, 0.2) is 16.7 Å². The summed E-state index contributed by atoms with van der Waals surface area (Å²) in [7, 11) is 0.758. The number of thiazole rings is 1. The molecule has 5 aromatic carbocycles. The minimum atomic E-state index is -2.00. The van der Waals surface area contributed by atoms with Crippen LogP contribution in [0.4, 0.5) is 19.6 Å². The molecule has 5 heterocycles. The van der Waals surface area contributed by atoms with Crippen LogP contribution in [-0.4, -0.2) is 100 Å². The molecule has 7 aromatic rings. The van der Waals surface area contributed by atoms with Crippen LogP contribution in [0.3, 0.4) is 0 Å². The maximum absolute atomic E-state index is 16.5. The largest absolute Gasteiger partial charge is 0.497 e. The summed E-state index contributed by atoms with van der Waals surface area (Å²) in [5.74, 6) is -5.62. The van der Waals surface area contributed by atoms with Gasteiger partial charge in [-0.15, -0.1) is 34.4 Å². The average Bonchev–Trinajstić information content (AvgIpc) is 4.11. The van der Waals surface area contributed by atoms with Crippen molar-refractivity contribution < 1.29 is 51.2 Å². The molecule has 0 saturated carbocycles. The van der Waals surface area contributed by atoms with Gasteiger partial charge in [0.2, 0.25) is 5.43 Å². The van der Waals surface area contributed by atoms with E-state index in [0.29, 0.717) is 29.5 Å². The molecule has 0 spiro atoms. The van der Waals surface area contributed by atoms with Gasteiger partial charge < -0.3 is 34.6 Å². The maximum Gasteiger partial charge on any atom is 0.355 e. The number of halogens is 2. The number of β-lactam (4-membered cyclic amide) rings is 1. The highest BCUT2D eigenvalue weighted by atomic mass is 32.2. The van der Waals surface area contributed by atoms with E-state index in [2.05, 4.69) is 15.8 Å². The summed E-state index contributed by atoms with van der Waals surface area (Å²) in [5, 5.41) is 10.8. The Labute approximate surface area is 466 Å². The number of oxime groups is 1. The first-order valence-electron chi connectivity index (χ1n) is 24.9. The van der Waals surface area contributed by atoms with E-state index in [1.807, 2.05) is 91.0 Å². The lowest BCUT2D eigenvalue weighted by molar-refractivity contribution is -0.153. The zero-order chi connectivity index (χ0) is 55.4. The molecule has 0 bridgehead atoms. The van der Waals surface area contributed by atoms with Crippen LogP contribution in [-0.2, 0) is 51.6 Å². The molecule has 2 saturated heterocycles. The van der Waals surface area contributed by atoms with E-state index >= 15 is 8.78 Å². The number of anilines is 2. The third-order valence-corrected chi connectivity index (χ3v) is 18.5. The number of nitrogens with zero attached hydrogens (tertiary/aromatic N) is 4. The average molecular weight is 1150 g/mol. The monoisotopic (exact) mass is 1140 g/mol. The molecule has 0 radical (unpaired) electrons. The fourth-order valence-electron chi connectivity index (χ4n) is 9.87.